The number of methoxy groups -OCH3 is 1. The fourth-order valence-corrected chi connectivity index (χ4v) is 4.26. The molecule has 1 aromatic heterocycles. The molecule has 3 aromatic rings. The molecule has 2 heterocycles. The van der Waals surface area contributed by atoms with Crippen molar-refractivity contribution in [3.05, 3.63) is 95.9 Å². The topological polar surface area (TPSA) is 71.8 Å². The highest BCUT2D eigenvalue weighted by atomic mass is 16.5. The zero-order valence-electron chi connectivity index (χ0n) is 17.4. The van der Waals surface area contributed by atoms with Gasteiger partial charge in [-0.3, -0.25) is 14.5 Å². The van der Waals surface area contributed by atoms with Crippen LogP contribution in [0.15, 0.2) is 83.5 Å². The summed E-state index contributed by atoms with van der Waals surface area (Å²) in [5, 5.41) is 2.99. The molecule has 0 radical (unpaired) electrons. The van der Waals surface area contributed by atoms with Gasteiger partial charge in [0, 0.05) is 25.0 Å². The molecule has 0 saturated carbocycles. The number of esters is 1. The summed E-state index contributed by atoms with van der Waals surface area (Å²) in [6.45, 7) is 1.20. The lowest BCUT2D eigenvalue weighted by Crippen LogP contribution is -2.40. The Morgan fingerprint density at radius 3 is 2.23 bits per heavy atom. The average molecular weight is 418 g/mol. The zero-order valence-corrected chi connectivity index (χ0v) is 17.4. The normalized spacial score (nSPS) is 18.8. The molecule has 1 amide bonds. The van der Waals surface area contributed by atoms with E-state index in [9.17, 15) is 9.59 Å². The van der Waals surface area contributed by atoms with E-state index in [1.807, 2.05) is 36.4 Å². The Balaban J connectivity index is 1.55. The van der Waals surface area contributed by atoms with Gasteiger partial charge in [-0.25, -0.2) is 0 Å². The van der Waals surface area contributed by atoms with Crippen molar-refractivity contribution in [2.24, 2.45) is 0 Å². The van der Waals surface area contributed by atoms with Gasteiger partial charge in [0.05, 0.1) is 13.4 Å². The smallest absolute Gasteiger partial charge is 0.323 e. The first-order valence-electron chi connectivity index (χ1n) is 10.4. The summed E-state index contributed by atoms with van der Waals surface area (Å²) < 4.78 is 10.3. The van der Waals surface area contributed by atoms with Crippen LogP contribution in [0.3, 0.4) is 0 Å². The number of amides is 1. The van der Waals surface area contributed by atoms with Gasteiger partial charge in [-0.15, -0.1) is 0 Å². The summed E-state index contributed by atoms with van der Waals surface area (Å²) in [4.78, 5) is 27.1. The summed E-state index contributed by atoms with van der Waals surface area (Å²) in [7, 11) is 1.40. The fraction of sp³-hybridized carbons (Fsp3) is 0.280. The first kappa shape index (κ1) is 20.9. The highest BCUT2D eigenvalue weighted by Gasteiger charge is 2.39. The standard InChI is InChI=1S/C25H26N2O4/c1-30-25(29)22-15-20(26-24(28)23-13-8-14-31-23)16-27(22)17-21(18-9-4-2-5-10-18)19-11-6-3-7-12-19/h2-14,20-22H,15-17H2,1H3,(H,26,28)/t20-,22-/m0/s1. The van der Waals surface area contributed by atoms with E-state index < -0.39 is 6.04 Å². The van der Waals surface area contributed by atoms with Crippen LogP contribution >= 0.6 is 0 Å². The van der Waals surface area contributed by atoms with Gasteiger partial charge in [-0.05, 0) is 29.7 Å². The Labute approximate surface area is 181 Å². The van der Waals surface area contributed by atoms with Gasteiger partial charge < -0.3 is 14.5 Å². The van der Waals surface area contributed by atoms with Crippen molar-refractivity contribution in [2.45, 2.75) is 24.4 Å². The minimum atomic E-state index is -0.415. The molecule has 6 heteroatoms. The predicted molar refractivity (Wildman–Crippen MR) is 117 cm³/mol. The van der Waals surface area contributed by atoms with Crippen molar-refractivity contribution in [1.82, 2.24) is 10.2 Å². The van der Waals surface area contributed by atoms with Crippen LogP contribution in [0.2, 0.25) is 0 Å². The van der Waals surface area contributed by atoms with Gasteiger partial charge >= 0.3 is 5.97 Å². The lowest BCUT2D eigenvalue weighted by Gasteiger charge is -2.28. The summed E-state index contributed by atoms with van der Waals surface area (Å²) in [5.41, 5.74) is 2.36. The molecule has 31 heavy (non-hydrogen) atoms. The van der Waals surface area contributed by atoms with Crippen LogP contribution in [0, 0.1) is 0 Å². The second-order valence-electron chi connectivity index (χ2n) is 7.75. The first-order chi connectivity index (χ1) is 15.2. The van der Waals surface area contributed by atoms with E-state index in [0.29, 0.717) is 19.5 Å². The largest absolute Gasteiger partial charge is 0.468 e. The highest BCUT2D eigenvalue weighted by Crippen LogP contribution is 2.29. The summed E-state index contributed by atoms with van der Waals surface area (Å²) >= 11 is 0. The molecule has 1 saturated heterocycles. The van der Waals surface area contributed by atoms with Gasteiger partial charge in [-0.2, -0.15) is 0 Å². The van der Waals surface area contributed by atoms with E-state index in [-0.39, 0.29) is 29.6 Å². The quantitative estimate of drug-likeness (QED) is 0.595. The number of nitrogens with zero attached hydrogens (tertiary/aromatic N) is 1. The monoisotopic (exact) mass is 418 g/mol. The third kappa shape index (κ3) is 4.86. The Hall–Kier alpha value is -3.38. The maximum atomic E-state index is 12.5. The summed E-state index contributed by atoms with van der Waals surface area (Å²) in [6, 6.07) is 23.3. The molecule has 2 aromatic carbocycles. The molecule has 0 aliphatic carbocycles. The molecular formula is C25H26N2O4. The zero-order chi connectivity index (χ0) is 21.6. The number of carbonyl (C=O) groups excluding carboxylic acids is 2. The van der Waals surface area contributed by atoms with Crippen molar-refractivity contribution in [3.63, 3.8) is 0 Å². The number of furan rings is 1. The van der Waals surface area contributed by atoms with E-state index in [2.05, 4.69) is 34.5 Å². The van der Waals surface area contributed by atoms with Gasteiger partial charge in [0.1, 0.15) is 6.04 Å². The number of rotatable bonds is 7. The van der Waals surface area contributed by atoms with Gasteiger partial charge in [0.25, 0.3) is 5.91 Å². The molecule has 2 atom stereocenters. The first-order valence-corrected chi connectivity index (χ1v) is 10.4. The molecule has 1 aliphatic heterocycles. The average Bonchev–Trinajstić information content (AvgIpc) is 3.48. The number of hydrogen-bond donors (Lipinski definition) is 1. The lowest BCUT2D eigenvalue weighted by atomic mass is 9.90. The number of ether oxygens (including phenoxy) is 1. The fourth-order valence-electron chi connectivity index (χ4n) is 4.26. The van der Waals surface area contributed by atoms with Crippen LogP contribution in [0.4, 0.5) is 0 Å². The molecule has 6 nitrogen and oxygen atoms in total. The highest BCUT2D eigenvalue weighted by molar-refractivity contribution is 5.91. The number of likely N-dealkylation sites (tertiary alicyclic amines) is 1. The van der Waals surface area contributed by atoms with Crippen LogP contribution in [-0.4, -0.2) is 49.1 Å². The maximum absolute atomic E-state index is 12.5. The van der Waals surface area contributed by atoms with E-state index in [1.165, 1.54) is 24.5 Å². The predicted octanol–water partition coefficient (Wildman–Crippen LogP) is 3.46. The lowest BCUT2D eigenvalue weighted by molar-refractivity contribution is -0.145. The SMILES string of the molecule is COC(=O)[C@@H]1C[C@H](NC(=O)c2ccco2)CN1CC(c1ccccc1)c1ccccc1. The third-order valence-electron chi connectivity index (χ3n) is 5.78. The third-order valence-corrected chi connectivity index (χ3v) is 5.78. The molecule has 1 fully saturated rings. The molecule has 0 spiro atoms. The minimum absolute atomic E-state index is 0.0917. The molecule has 0 unspecified atom stereocenters. The van der Waals surface area contributed by atoms with Crippen molar-refractivity contribution in [2.75, 3.05) is 20.2 Å². The van der Waals surface area contributed by atoms with Crippen LogP contribution in [-0.2, 0) is 9.53 Å². The molecular weight excluding hydrogens is 392 g/mol. The van der Waals surface area contributed by atoms with Gasteiger partial charge in [0.15, 0.2) is 5.76 Å². The van der Waals surface area contributed by atoms with E-state index in [0.717, 1.165) is 0 Å². The van der Waals surface area contributed by atoms with Crippen molar-refractivity contribution < 1.29 is 18.7 Å². The molecule has 0 bridgehead atoms. The van der Waals surface area contributed by atoms with E-state index >= 15 is 0 Å². The van der Waals surface area contributed by atoms with Crippen molar-refractivity contribution >= 4 is 11.9 Å². The van der Waals surface area contributed by atoms with Gasteiger partial charge in [0.2, 0.25) is 0 Å². The number of carbonyl (C=O) groups is 2. The Bertz CT molecular complexity index is 949. The van der Waals surface area contributed by atoms with Crippen LogP contribution in [0.5, 0.6) is 0 Å². The number of hydrogen-bond acceptors (Lipinski definition) is 5. The molecule has 4 rings (SSSR count). The maximum Gasteiger partial charge on any atom is 0.323 e. The Morgan fingerprint density at radius 2 is 1.68 bits per heavy atom. The number of nitrogens with one attached hydrogen (secondary N) is 1. The van der Waals surface area contributed by atoms with Crippen molar-refractivity contribution in [3.8, 4) is 0 Å². The van der Waals surface area contributed by atoms with Crippen LogP contribution in [0.25, 0.3) is 0 Å². The van der Waals surface area contributed by atoms with Crippen molar-refractivity contribution in [1.29, 1.82) is 0 Å². The minimum Gasteiger partial charge on any atom is -0.468 e. The van der Waals surface area contributed by atoms with Crippen LogP contribution in [0.1, 0.15) is 34.0 Å². The second kappa shape index (κ2) is 9.62. The second-order valence-corrected chi connectivity index (χ2v) is 7.75. The number of benzene rings is 2. The molecule has 160 valence electrons. The molecule has 1 N–H and O–H groups in total. The Morgan fingerprint density at radius 1 is 1.03 bits per heavy atom. The Kier molecular flexibility index (Phi) is 6.48. The van der Waals surface area contributed by atoms with E-state index in [1.54, 1.807) is 12.1 Å². The summed E-state index contributed by atoms with van der Waals surface area (Å²) in [5.74, 6) is -0.202. The molecule has 1 aliphatic rings. The van der Waals surface area contributed by atoms with Gasteiger partial charge in [-0.1, -0.05) is 60.7 Å². The van der Waals surface area contributed by atoms with Crippen LogP contribution < -0.4 is 5.32 Å². The van der Waals surface area contributed by atoms with E-state index in [4.69, 9.17) is 9.15 Å². The summed E-state index contributed by atoms with van der Waals surface area (Å²) in [6.07, 6.45) is 1.97.